The number of anilines is 1. The predicted octanol–water partition coefficient (Wildman–Crippen LogP) is 3.78. The van der Waals surface area contributed by atoms with E-state index in [0.29, 0.717) is 12.1 Å². The number of benzene rings is 2. The van der Waals surface area contributed by atoms with Gasteiger partial charge in [0.1, 0.15) is 0 Å². The highest BCUT2D eigenvalue weighted by Crippen LogP contribution is 2.31. The number of rotatable bonds is 5. The molecule has 0 aliphatic carbocycles. The number of carbonyl (C=O) groups excluding carboxylic acids is 1. The Morgan fingerprint density at radius 3 is 2.45 bits per heavy atom. The maximum atomic E-state index is 12.9. The van der Waals surface area contributed by atoms with Gasteiger partial charge in [-0.25, -0.2) is 0 Å². The maximum absolute atomic E-state index is 12.9. The number of carbonyl (C=O) groups is 1. The summed E-state index contributed by atoms with van der Waals surface area (Å²) >= 11 is 0. The summed E-state index contributed by atoms with van der Waals surface area (Å²) in [6.07, 6.45) is 1.09. The lowest BCUT2D eigenvalue weighted by Gasteiger charge is -2.35. The summed E-state index contributed by atoms with van der Waals surface area (Å²) in [5.74, 6) is -0.0142. The molecule has 2 aliphatic heterocycles. The van der Waals surface area contributed by atoms with Gasteiger partial charge in [0.25, 0.3) is 5.91 Å². The Morgan fingerprint density at radius 2 is 1.77 bits per heavy atom. The zero-order valence-corrected chi connectivity index (χ0v) is 19.3. The van der Waals surface area contributed by atoms with Crippen LogP contribution in [0.4, 0.5) is 5.69 Å². The van der Waals surface area contributed by atoms with E-state index in [9.17, 15) is 4.79 Å². The van der Waals surface area contributed by atoms with Crippen molar-refractivity contribution in [2.24, 2.45) is 0 Å². The van der Waals surface area contributed by atoms with Gasteiger partial charge >= 0.3 is 0 Å². The number of ether oxygens (including phenoxy) is 1. The summed E-state index contributed by atoms with van der Waals surface area (Å²) in [6, 6.07) is 14.9. The molecule has 1 fully saturated rings. The molecule has 0 spiro atoms. The molecule has 4 rings (SSSR count). The standard InChI is InChI=1S/C26H35N3O2/c1-26(2,3)22-8-5-19(6-9-22)25(30)27-18-24(29-13-15-31-16-14-29)20-7-10-23-21(17-20)11-12-28(23)4/h5-10,17,24H,11-16,18H2,1-4H3,(H,27,30)/t24-/m1/s1. The van der Waals surface area contributed by atoms with E-state index in [4.69, 9.17) is 4.74 Å². The molecule has 2 aromatic carbocycles. The highest BCUT2D eigenvalue weighted by molar-refractivity contribution is 5.94. The third kappa shape index (κ3) is 4.94. The molecule has 31 heavy (non-hydrogen) atoms. The largest absolute Gasteiger partial charge is 0.379 e. The van der Waals surface area contributed by atoms with Crippen molar-refractivity contribution in [3.8, 4) is 0 Å². The van der Waals surface area contributed by atoms with Crippen LogP contribution < -0.4 is 10.2 Å². The molecule has 0 saturated carbocycles. The summed E-state index contributed by atoms with van der Waals surface area (Å²) in [6.45, 7) is 11.5. The quantitative estimate of drug-likeness (QED) is 0.798. The van der Waals surface area contributed by atoms with E-state index in [2.05, 4.69) is 73.3 Å². The molecule has 1 N–H and O–H groups in total. The van der Waals surface area contributed by atoms with E-state index in [1.54, 1.807) is 0 Å². The Hall–Kier alpha value is -2.37. The molecule has 0 radical (unpaired) electrons. The zero-order chi connectivity index (χ0) is 22.0. The first-order valence-electron chi connectivity index (χ1n) is 11.4. The number of hydrogen-bond acceptors (Lipinski definition) is 4. The third-order valence-electron chi connectivity index (χ3n) is 6.57. The minimum Gasteiger partial charge on any atom is -0.379 e. The first kappa shape index (κ1) is 21.8. The van der Waals surface area contributed by atoms with E-state index in [0.717, 1.165) is 39.3 Å². The maximum Gasteiger partial charge on any atom is 0.251 e. The van der Waals surface area contributed by atoms with Crippen molar-refractivity contribution in [2.45, 2.75) is 38.6 Å². The minimum absolute atomic E-state index is 0.0142. The molecular weight excluding hydrogens is 386 g/mol. The van der Waals surface area contributed by atoms with Crippen molar-refractivity contribution in [3.63, 3.8) is 0 Å². The van der Waals surface area contributed by atoms with E-state index in [1.807, 2.05) is 12.1 Å². The molecule has 0 unspecified atom stereocenters. The minimum atomic E-state index is -0.0142. The van der Waals surface area contributed by atoms with Crippen LogP contribution in [0.2, 0.25) is 0 Å². The van der Waals surface area contributed by atoms with Gasteiger partial charge in [0, 0.05) is 44.5 Å². The van der Waals surface area contributed by atoms with Gasteiger partial charge in [-0.2, -0.15) is 0 Å². The Morgan fingerprint density at radius 1 is 1.06 bits per heavy atom. The molecule has 1 saturated heterocycles. The highest BCUT2D eigenvalue weighted by Gasteiger charge is 2.25. The molecule has 1 amide bonds. The summed E-state index contributed by atoms with van der Waals surface area (Å²) in [5.41, 5.74) is 6.04. The summed E-state index contributed by atoms with van der Waals surface area (Å²) in [4.78, 5) is 17.6. The molecular formula is C26H35N3O2. The van der Waals surface area contributed by atoms with E-state index in [-0.39, 0.29) is 17.4 Å². The predicted molar refractivity (Wildman–Crippen MR) is 126 cm³/mol. The van der Waals surface area contributed by atoms with Gasteiger partial charge in [0.15, 0.2) is 0 Å². The average Bonchev–Trinajstić information content (AvgIpc) is 3.14. The van der Waals surface area contributed by atoms with Crippen molar-refractivity contribution < 1.29 is 9.53 Å². The van der Waals surface area contributed by atoms with Crippen LogP contribution in [-0.4, -0.2) is 57.2 Å². The highest BCUT2D eigenvalue weighted by atomic mass is 16.5. The molecule has 166 valence electrons. The lowest BCUT2D eigenvalue weighted by atomic mass is 9.86. The van der Waals surface area contributed by atoms with Gasteiger partial charge in [-0.15, -0.1) is 0 Å². The Balaban J connectivity index is 1.49. The molecule has 2 aromatic rings. The van der Waals surface area contributed by atoms with Crippen LogP contribution in [-0.2, 0) is 16.6 Å². The van der Waals surface area contributed by atoms with Crippen LogP contribution in [0.3, 0.4) is 0 Å². The van der Waals surface area contributed by atoms with Gasteiger partial charge < -0.3 is 15.0 Å². The summed E-state index contributed by atoms with van der Waals surface area (Å²) < 4.78 is 5.57. The van der Waals surface area contributed by atoms with Crippen LogP contribution in [0.1, 0.15) is 53.9 Å². The lowest BCUT2D eigenvalue weighted by molar-refractivity contribution is 0.0162. The zero-order valence-electron chi connectivity index (χ0n) is 19.3. The van der Waals surface area contributed by atoms with Crippen molar-refractivity contribution >= 4 is 11.6 Å². The number of hydrogen-bond donors (Lipinski definition) is 1. The van der Waals surface area contributed by atoms with Crippen molar-refractivity contribution in [1.82, 2.24) is 10.2 Å². The smallest absolute Gasteiger partial charge is 0.251 e. The monoisotopic (exact) mass is 421 g/mol. The van der Waals surface area contributed by atoms with Gasteiger partial charge in [-0.1, -0.05) is 45.0 Å². The van der Waals surface area contributed by atoms with Gasteiger partial charge in [-0.05, 0) is 46.7 Å². The number of likely N-dealkylation sites (N-methyl/N-ethyl adjacent to an activating group) is 1. The topological polar surface area (TPSA) is 44.8 Å². The van der Waals surface area contributed by atoms with Crippen LogP contribution in [0.5, 0.6) is 0 Å². The van der Waals surface area contributed by atoms with Gasteiger partial charge in [0.2, 0.25) is 0 Å². The van der Waals surface area contributed by atoms with Crippen LogP contribution in [0.15, 0.2) is 42.5 Å². The van der Waals surface area contributed by atoms with E-state index in [1.165, 1.54) is 22.4 Å². The fourth-order valence-corrected chi connectivity index (χ4v) is 4.55. The molecule has 1 atom stereocenters. The van der Waals surface area contributed by atoms with Crippen LogP contribution >= 0.6 is 0 Å². The molecule has 0 bridgehead atoms. The Kier molecular flexibility index (Phi) is 6.35. The molecule has 5 heteroatoms. The second-order valence-corrected chi connectivity index (χ2v) is 9.76. The number of nitrogens with zero attached hydrogens (tertiary/aromatic N) is 2. The van der Waals surface area contributed by atoms with Crippen LogP contribution in [0.25, 0.3) is 0 Å². The number of amides is 1. The van der Waals surface area contributed by atoms with Gasteiger partial charge in [-0.3, -0.25) is 9.69 Å². The van der Waals surface area contributed by atoms with E-state index >= 15 is 0 Å². The fraction of sp³-hybridized carbons (Fsp3) is 0.500. The summed E-state index contributed by atoms with van der Waals surface area (Å²) in [7, 11) is 2.15. The number of morpholine rings is 1. The second-order valence-electron chi connectivity index (χ2n) is 9.76. The molecule has 0 aromatic heterocycles. The first-order chi connectivity index (χ1) is 14.8. The fourth-order valence-electron chi connectivity index (χ4n) is 4.55. The average molecular weight is 422 g/mol. The molecule has 5 nitrogen and oxygen atoms in total. The Labute approximate surface area is 186 Å². The second kappa shape index (κ2) is 9.01. The number of nitrogens with one attached hydrogen (secondary N) is 1. The third-order valence-corrected chi connectivity index (χ3v) is 6.57. The molecule has 2 heterocycles. The molecule has 2 aliphatic rings. The van der Waals surface area contributed by atoms with Gasteiger partial charge in [0.05, 0.1) is 19.3 Å². The lowest BCUT2D eigenvalue weighted by Crippen LogP contribution is -2.43. The van der Waals surface area contributed by atoms with Crippen molar-refractivity contribution in [3.05, 3.63) is 64.7 Å². The van der Waals surface area contributed by atoms with Crippen LogP contribution in [0, 0.1) is 0 Å². The van der Waals surface area contributed by atoms with Crippen molar-refractivity contribution in [2.75, 3.05) is 51.3 Å². The summed E-state index contributed by atoms with van der Waals surface area (Å²) in [5, 5.41) is 3.20. The Bertz CT molecular complexity index is 911. The SMILES string of the molecule is CN1CCc2cc([C@@H](CNC(=O)c3ccc(C(C)(C)C)cc3)N3CCOCC3)ccc21. The number of fused-ring (bicyclic) bond motifs is 1. The first-order valence-corrected chi connectivity index (χ1v) is 11.4. The van der Waals surface area contributed by atoms with Crippen molar-refractivity contribution in [1.29, 1.82) is 0 Å². The van der Waals surface area contributed by atoms with E-state index < -0.39 is 0 Å². The normalized spacial score (nSPS) is 18.0.